The average molecular weight is 339 g/mol. The summed E-state index contributed by atoms with van der Waals surface area (Å²) in [6.07, 6.45) is 0. The van der Waals surface area contributed by atoms with Crippen molar-refractivity contribution in [3.63, 3.8) is 0 Å². The third kappa shape index (κ3) is 1.73. The van der Waals surface area contributed by atoms with Gasteiger partial charge in [-0.05, 0) is 28.9 Å². The van der Waals surface area contributed by atoms with Gasteiger partial charge in [0.2, 0.25) is 0 Å². The van der Waals surface area contributed by atoms with Crippen LogP contribution in [0.5, 0.6) is 17.2 Å². The maximum absolute atomic E-state index is 13.9. The first-order chi connectivity index (χ1) is 9.46. The molecule has 1 unspecified atom stereocenters. The van der Waals surface area contributed by atoms with E-state index in [0.29, 0.717) is 21.3 Å². The topological polar surface area (TPSA) is 38.7 Å². The molecule has 1 aliphatic rings. The SMILES string of the molecule is COc1c(F)cc2c(c1Br)C(C)(O)c1ccccc1O2. The largest absolute Gasteiger partial charge is 0.492 e. The maximum Gasteiger partial charge on any atom is 0.169 e. The number of fused-ring (bicyclic) bond motifs is 2. The molecule has 2 aromatic carbocycles. The zero-order valence-corrected chi connectivity index (χ0v) is 12.5. The van der Waals surface area contributed by atoms with Gasteiger partial charge in [0.15, 0.2) is 11.6 Å². The second-order valence-corrected chi connectivity index (χ2v) is 5.54. The van der Waals surface area contributed by atoms with E-state index < -0.39 is 11.4 Å². The molecule has 3 rings (SSSR count). The van der Waals surface area contributed by atoms with Crippen molar-refractivity contribution in [1.82, 2.24) is 0 Å². The Labute approximate surface area is 124 Å². The van der Waals surface area contributed by atoms with Crippen molar-refractivity contribution in [3.05, 3.63) is 51.7 Å². The fourth-order valence-corrected chi connectivity index (χ4v) is 3.44. The van der Waals surface area contributed by atoms with Gasteiger partial charge in [-0.15, -0.1) is 0 Å². The second kappa shape index (κ2) is 4.46. The van der Waals surface area contributed by atoms with Crippen LogP contribution >= 0.6 is 15.9 Å². The Hall–Kier alpha value is -1.59. The lowest BCUT2D eigenvalue weighted by Gasteiger charge is -2.34. The van der Waals surface area contributed by atoms with Crippen LogP contribution in [0.25, 0.3) is 0 Å². The van der Waals surface area contributed by atoms with Gasteiger partial charge in [0.25, 0.3) is 0 Å². The molecule has 0 saturated heterocycles. The molecule has 20 heavy (non-hydrogen) atoms. The third-order valence-electron chi connectivity index (χ3n) is 3.46. The molecular formula is C15H12BrFO3. The molecule has 0 radical (unpaired) electrons. The molecule has 0 aliphatic carbocycles. The number of methoxy groups -OCH3 is 1. The van der Waals surface area contributed by atoms with Gasteiger partial charge in [-0.2, -0.15) is 0 Å². The molecule has 0 saturated carbocycles. The summed E-state index contributed by atoms with van der Waals surface area (Å²) >= 11 is 3.30. The summed E-state index contributed by atoms with van der Waals surface area (Å²) in [6, 6.07) is 8.36. The fourth-order valence-electron chi connectivity index (χ4n) is 2.51. The van der Waals surface area contributed by atoms with Gasteiger partial charge in [0, 0.05) is 17.2 Å². The van der Waals surface area contributed by atoms with Gasteiger partial charge in [0.05, 0.1) is 11.6 Å². The predicted molar refractivity (Wildman–Crippen MR) is 75.8 cm³/mol. The summed E-state index contributed by atoms with van der Waals surface area (Å²) in [5.74, 6) is 0.292. The maximum atomic E-state index is 13.9. The molecule has 3 nitrogen and oxygen atoms in total. The molecule has 1 N–H and O–H groups in total. The first-order valence-corrected chi connectivity index (χ1v) is 6.82. The summed E-state index contributed by atoms with van der Waals surface area (Å²) in [5.41, 5.74) is -0.222. The standard InChI is InChI=1S/C15H12BrFO3/c1-15(18)8-5-3-4-6-10(8)20-11-7-9(17)14(19-2)13(16)12(11)15/h3-7,18H,1-2H3. The van der Waals surface area contributed by atoms with E-state index in [1.165, 1.54) is 13.2 Å². The van der Waals surface area contributed by atoms with E-state index in [1.807, 2.05) is 6.07 Å². The first kappa shape index (κ1) is 13.4. The van der Waals surface area contributed by atoms with Gasteiger partial charge < -0.3 is 14.6 Å². The third-order valence-corrected chi connectivity index (χ3v) is 4.22. The van der Waals surface area contributed by atoms with Crippen LogP contribution in [0.2, 0.25) is 0 Å². The highest BCUT2D eigenvalue weighted by Crippen LogP contribution is 2.52. The van der Waals surface area contributed by atoms with Gasteiger partial charge in [0.1, 0.15) is 17.1 Å². The Kier molecular flexibility index (Phi) is 2.99. The van der Waals surface area contributed by atoms with E-state index in [0.717, 1.165) is 0 Å². The first-order valence-electron chi connectivity index (χ1n) is 6.03. The van der Waals surface area contributed by atoms with Crippen molar-refractivity contribution in [3.8, 4) is 17.2 Å². The van der Waals surface area contributed by atoms with Crippen LogP contribution in [0.15, 0.2) is 34.8 Å². The second-order valence-electron chi connectivity index (χ2n) is 4.75. The Morgan fingerprint density at radius 1 is 1.30 bits per heavy atom. The summed E-state index contributed by atoms with van der Waals surface area (Å²) in [4.78, 5) is 0. The average Bonchev–Trinajstić information content (AvgIpc) is 2.38. The summed E-state index contributed by atoms with van der Waals surface area (Å²) < 4.78 is 25.0. The number of benzene rings is 2. The number of ether oxygens (including phenoxy) is 2. The van der Waals surface area contributed by atoms with E-state index in [9.17, 15) is 9.50 Å². The van der Waals surface area contributed by atoms with E-state index in [-0.39, 0.29) is 11.5 Å². The lowest BCUT2D eigenvalue weighted by atomic mass is 9.85. The van der Waals surface area contributed by atoms with Crippen LogP contribution in [0, 0.1) is 5.82 Å². The fraction of sp³-hybridized carbons (Fsp3) is 0.200. The minimum absolute atomic E-state index is 0.0482. The molecule has 2 aromatic rings. The van der Waals surface area contributed by atoms with Crippen LogP contribution < -0.4 is 9.47 Å². The van der Waals surface area contributed by atoms with Crippen LogP contribution in [-0.4, -0.2) is 12.2 Å². The molecule has 0 aromatic heterocycles. The van der Waals surface area contributed by atoms with E-state index in [1.54, 1.807) is 25.1 Å². The van der Waals surface area contributed by atoms with E-state index in [4.69, 9.17) is 9.47 Å². The smallest absolute Gasteiger partial charge is 0.169 e. The number of para-hydroxylation sites is 1. The molecule has 1 atom stereocenters. The van der Waals surface area contributed by atoms with Gasteiger partial charge in [-0.25, -0.2) is 4.39 Å². The zero-order valence-electron chi connectivity index (χ0n) is 10.9. The highest BCUT2D eigenvalue weighted by atomic mass is 79.9. The van der Waals surface area contributed by atoms with Crippen LogP contribution in [0.4, 0.5) is 4.39 Å². The normalized spacial score (nSPS) is 19.9. The summed E-state index contributed by atoms with van der Waals surface area (Å²) in [6.45, 7) is 1.65. The molecule has 5 heteroatoms. The lowest BCUT2D eigenvalue weighted by Crippen LogP contribution is -2.28. The Balaban J connectivity index is 2.32. The van der Waals surface area contributed by atoms with E-state index >= 15 is 0 Å². The highest BCUT2D eigenvalue weighted by Gasteiger charge is 2.39. The van der Waals surface area contributed by atoms with Gasteiger partial charge in [-0.3, -0.25) is 0 Å². The van der Waals surface area contributed by atoms with Gasteiger partial charge in [-0.1, -0.05) is 18.2 Å². The monoisotopic (exact) mass is 338 g/mol. The predicted octanol–water partition coefficient (Wildman–Crippen LogP) is 3.96. The lowest BCUT2D eigenvalue weighted by molar-refractivity contribution is 0.0886. The minimum atomic E-state index is -1.30. The molecule has 1 aliphatic heterocycles. The molecule has 0 bridgehead atoms. The molecule has 104 valence electrons. The van der Waals surface area contributed by atoms with Crippen molar-refractivity contribution in [2.75, 3.05) is 7.11 Å². The van der Waals surface area contributed by atoms with Crippen LogP contribution in [0.3, 0.4) is 0 Å². The number of aliphatic hydroxyl groups is 1. The molecule has 1 heterocycles. The van der Waals surface area contributed by atoms with Crippen molar-refractivity contribution in [2.45, 2.75) is 12.5 Å². The van der Waals surface area contributed by atoms with E-state index in [2.05, 4.69) is 15.9 Å². The molecule has 0 fully saturated rings. The Morgan fingerprint density at radius 2 is 2.00 bits per heavy atom. The molecule has 0 amide bonds. The number of rotatable bonds is 1. The van der Waals surface area contributed by atoms with Crippen molar-refractivity contribution < 1.29 is 19.0 Å². The number of hydrogen-bond acceptors (Lipinski definition) is 3. The zero-order chi connectivity index (χ0) is 14.5. The highest BCUT2D eigenvalue weighted by molar-refractivity contribution is 9.10. The van der Waals surface area contributed by atoms with Crippen LogP contribution in [-0.2, 0) is 5.60 Å². The van der Waals surface area contributed by atoms with Gasteiger partial charge >= 0.3 is 0 Å². The van der Waals surface area contributed by atoms with Crippen LogP contribution in [0.1, 0.15) is 18.1 Å². The van der Waals surface area contributed by atoms with Crippen molar-refractivity contribution in [1.29, 1.82) is 0 Å². The minimum Gasteiger partial charge on any atom is -0.492 e. The number of hydrogen-bond donors (Lipinski definition) is 1. The van der Waals surface area contributed by atoms with Crippen molar-refractivity contribution in [2.24, 2.45) is 0 Å². The Morgan fingerprint density at radius 3 is 2.70 bits per heavy atom. The van der Waals surface area contributed by atoms with Crippen molar-refractivity contribution >= 4 is 15.9 Å². The summed E-state index contributed by atoms with van der Waals surface area (Å²) in [5, 5.41) is 10.9. The number of halogens is 2. The quantitative estimate of drug-likeness (QED) is 0.855. The Bertz CT molecular complexity index is 698. The molecule has 0 spiro atoms. The molecular weight excluding hydrogens is 327 g/mol. The summed E-state index contributed by atoms with van der Waals surface area (Å²) in [7, 11) is 1.38.